The molecule has 94 valence electrons. The molecule has 0 saturated carbocycles. The van der Waals surface area contributed by atoms with Gasteiger partial charge in [0.15, 0.2) is 0 Å². The summed E-state index contributed by atoms with van der Waals surface area (Å²) in [7, 11) is 0. The molecule has 1 aromatic carbocycles. The monoisotopic (exact) mass is 246 g/mol. The number of primary amides is 1. The van der Waals surface area contributed by atoms with Crippen LogP contribution in [0.2, 0.25) is 0 Å². The van der Waals surface area contributed by atoms with Crippen LogP contribution in [0.1, 0.15) is 29.3 Å². The lowest BCUT2D eigenvalue weighted by Gasteiger charge is -2.15. The number of anilines is 1. The van der Waals surface area contributed by atoms with Gasteiger partial charge in [-0.05, 0) is 24.1 Å². The minimum Gasteiger partial charge on any atom is -0.370 e. The summed E-state index contributed by atoms with van der Waals surface area (Å²) >= 11 is 0. The van der Waals surface area contributed by atoms with E-state index < -0.39 is 17.6 Å². The number of Topliss-reactive ketones (excluding diaryl/α,β-unsaturated/α-hetero) is 1. The molecule has 1 aliphatic rings. The van der Waals surface area contributed by atoms with Gasteiger partial charge in [-0.15, -0.1) is 0 Å². The summed E-state index contributed by atoms with van der Waals surface area (Å²) in [6.07, 6.45) is 0.851. The van der Waals surface area contributed by atoms with Crippen molar-refractivity contribution in [2.75, 3.05) is 11.4 Å². The fourth-order valence-electron chi connectivity index (χ4n) is 2.01. The molecule has 0 saturated heterocycles. The van der Waals surface area contributed by atoms with E-state index in [2.05, 4.69) is 0 Å². The van der Waals surface area contributed by atoms with Gasteiger partial charge in [0.25, 0.3) is 11.7 Å². The molecule has 1 heterocycles. The van der Waals surface area contributed by atoms with Crippen molar-refractivity contribution >= 4 is 23.3 Å². The number of amides is 2. The summed E-state index contributed by atoms with van der Waals surface area (Å²) < 4.78 is 0. The van der Waals surface area contributed by atoms with Crippen molar-refractivity contribution in [2.45, 2.75) is 19.8 Å². The van der Waals surface area contributed by atoms with Gasteiger partial charge in [0.1, 0.15) is 0 Å². The maximum atomic E-state index is 11.8. The van der Waals surface area contributed by atoms with Crippen LogP contribution in [-0.4, -0.2) is 24.1 Å². The lowest BCUT2D eigenvalue weighted by Crippen LogP contribution is -2.32. The van der Waals surface area contributed by atoms with E-state index in [1.54, 1.807) is 12.1 Å². The average Bonchev–Trinajstić information content (AvgIpc) is 2.59. The molecule has 1 aliphatic heterocycles. The van der Waals surface area contributed by atoms with Gasteiger partial charge in [0.05, 0.1) is 11.3 Å². The van der Waals surface area contributed by atoms with Gasteiger partial charge in [0.2, 0.25) is 5.91 Å². The Balaban J connectivity index is 2.34. The van der Waals surface area contributed by atoms with Crippen molar-refractivity contribution in [3.63, 3.8) is 0 Å². The molecule has 0 unspecified atom stereocenters. The Morgan fingerprint density at radius 3 is 2.67 bits per heavy atom. The smallest absolute Gasteiger partial charge is 0.299 e. The highest BCUT2D eigenvalue weighted by Crippen LogP contribution is 2.29. The number of fused-ring (bicyclic) bond motifs is 1. The number of nitrogens with two attached hydrogens (primary N) is 1. The van der Waals surface area contributed by atoms with Crippen molar-refractivity contribution in [3.05, 3.63) is 29.3 Å². The highest BCUT2D eigenvalue weighted by atomic mass is 16.2. The Labute approximate surface area is 105 Å². The second-order valence-corrected chi connectivity index (χ2v) is 4.21. The van der Waals surface area contributed by atoms with Crippen LogP contribution in [-0.2, 0) is 16.0 Å². The lowest BCUT2D eigenvalue weighted by molar-refractivity contribution is -0.118. The molecule has 0 radical (unpaired) electrons. The molecule has 2 N–H and O–H groups in total. The van der Waals surface area contributed by atoms with E-state index in [1.165, 1.54) is 4.90 Å². The van der Waals surface area contributed by atoms with Gasteiger partial charge >= 0.3 is 0 Å². The van der Waals surface area contributed by atoms with E-state index in [4.69, 9.17) is 5.73 Å². The topological polar surface area (TPSA) is 80.5 Å². The zero-order valence-electron chi connectivity index (χ0n) is 10.1. The van der Waals surface area contributed by atoms with E-state index in [0.29, 0.717) is 11.3 Å². The molecule has 2 rings (SSSR count). The molecule has 0 aliphatic carbocycles. The van der Waals surface area contributed by atoms with Crippen molar-refractivity contribution in [2.24, 2.45) is 5.73 Å². The minimum atomic E-state index is -0.584. The van der Waals surface area contributed by atoms with Gasteiger partial charge in [-0.1, -0.05) is 13.0 Å². The van der Waals surface area contributed by atoms with Gasteiger partial charge in [-0.2, -0.15) is 0 Å². The first kappa shape index (κ1) is 12.3. The quantitative estimate of drug-likeness (QED) is 0.792. The zero-order chi connectivity index (χ0) is 13.3. The molecule has 0 bridgehead atoms. The standard InChI is InChI=1S/C13H14N2O3/c1-2-8-3-4-10-9(7-8)12(17)13(18)15(10)6-5-11(14)16/h3-4,7H,2,5-6H2,1H3,(H2,14,16). The van der Waals surface area contributed by atoms with Gasteiger partial charge in [-0.25, -0.2) is 0 Å². The molecule has 1 aromatic rings. The summed E-state index contributed by atoms with van der Waals surface area (Å²) in [5, 5.41) is 0. The SMILES string of the molecule is CCc1ccc2c(c1)C(=O)C(=O)N2CCC(N)=O. The first-order chi connectivity index (χ1) is 8.54. The molecular weight excluding hydrogens is 232 g/mol. The van der Waals surface area contributed by atoms with Crippen molar-refractivity contribution < 1.29 is 14.4 Å². The third-order valence-electron chi connectivity index (χ3n) is 3.03. The van der Waals surface area contributed by atoms with E-state index >= 15 is 0 Å². The molecule has 5 heteroatoms. The fraction of sp³-hybridized carbons (Fsp3) is 0.308. The first-order valence-corrected chi connectivity index (χ1v) is 5.82. The average molecular weight is 246 g/mol. The maximum absolute atomic E-state index is 11.8. The first-order valence-electron chi connectivity index (χ1n) is 5.82. The molecule has 5 nitrogen and oxygen atoms in total. The fourth-order valence-corrected chi connectivity index (χ4v) is 2.01. The second-order valence-electron chi connectivity index (χ2n) is 4.21. The van der Waals surface area contributed by atoms with Gasteiger partial charge in [-0.3, -0.25) is 14.4 Å². The van der Waals surface area contributed by atoms with Crippen molar-refractivity contribution in [1.82, 2.24) is 0 Å². The van der Waals surface area contributed by atoms with Crippen LogP contribution >= 0.6 is 0 Å². The maximum Gasteiger partial charge on any atom is 0.299 e. The van der Waals surface area contributed by atoms with Crippen LogP contribution in [0.5, 0.6) is 0 Å². The summed E-state index contributed by atoms with van der Waals surface area (Å²) in [6.45, 7) is 2.13. The number of carbonyl (C=O) groups is 3. The Morgan fingerprint density at radius 1 is 1.33 bits per heavy atom. The number of benzene rings is 1. The Morgan fingerprint density at radius 2 is 2.06 bits per heavy atom. The Bertz CT molecular complexity index is 537. The molecular formula is C13H14N2O3. The minimum absolute atomic E-state index is 0.0496. The summed E-state index contributed by atoms with van der Waals surface area (Å²) in [5.74, 6) is -1.59. The van der Waals surface area contributed by atoms with Crippen LogP contribution < -0.4 is 10.6 Å². The number of hydrogen-bond acceptors (Lipinski definition) is 3. The van der Waals surface area contributed by atoms with Crippen LogP contribution in [0, 0.1) is 0 Å². The predicted octanol–water partition coefficient (Wildman–Crippen LogP) is 0.654. The van der Waals surface area contributed by atoms with Crippen LogP contribution in [0.4, 0.5) is 5.69 Å². The zero-order valence-corrected chi connectivity index (χ0v) is 10.1. The normalized spacial score (nSPS) is 13.9. The molecule has 0 atom stereocenters. The van der Waals surface area contributed by atoms with E-state index in [-0.39, 0.29) is 13.0 Å². The number of ketones is 1. The number of rotatable bonds is 4. The highest BCUT2D eigenvalue weighted by Gasteiger charge is 2.35. The Hall–Kier alpha value is -2.17. The molecule has 18 heavy (non-hydrogen) atoms. The van der Waals surface area contributed by atoms with Crippen molar-refractivity contribution in [3.8, 4) is 0 Å². The predicted molar refractivity (Wildman–Crippen MR) is 66.3 cm³/mol. The largest absolute Gasteiger partial charge is 0.370 e. The molecule has 0 spiro atoms. The van der Waals surface area contributed by atoms with E-state index in [0.717, 1.165) is 12.0 Å². The van der Waals surface area contributed by atoms with Crippen LogP contribution in [0.3, 0.4) is 0 Å². The van der Waals surface area contributed by atoms with Gasteiger partial charge in [0, 0.05) is 13.0 Å². The summed E-state index contributed by atoms with van der Waals surface area (Å²) in [6, 6.07) is 5.36. The molecule has 0 fully saturated rings. The number of hydrogen-bond donors (Lipinski definition) is 1. The highest BCUT2D eigenvalue weighted by molar-refractivity contribution is 6.52. The van der Waals surface area contributed by atoms with E-state index in [1.807, 2.05) is 13.0 Å². The molecule has 2 amide bonds. The van der Waals surface area contributed by atoms with Crippen LogP contribution in [0.25, 0.3) is 0 Å². The van der Waals surface area contributed by atoms with E-state index in [9.17, 15) is 14.4 Å². The number of aryl methyl sites for hydroxylation is 1. The number of carbonyl (C=O) groups excluding carboxylic acids is 3. The lowest BCUT2D eigenvalue weighted by atomic mass is 10.1. The third-order valence-corrected chi connectivity index (χ3v) is 3.03. The summed E-state index contributed by atoms with van der Waals surface area (Å²) in [4.78, 5) is 35.7. The Kier molecular flexibility index (Phi) is 3.14. The second kappa shape index (κ2) is 4.60. The van der Waals surface area contributed by atoms with Gasteiger partial charge < -0.3 is 10.6 Å². The number of nitrogens with zero attached hydrogens (tertiary/aromatic N) is 1. The van der Waals surface area contributed by atoms with Crippen LogP contribution in [0.15, 0.2) is 18.2 Å². The summed E-state index contributed by atoms with van der Waals surface area (Å²) in [5.41, 5.74) is 7.05. The van der Waals surface area contributed by atoms with Crippen molar-refractivity contribution in [1.29, 1.82) is 0 Å². The molecule has 0 aromatic heterocycles. The third kappa shape index (κ3) is 1.99.